The molecule has 1 aliphatic rings. The normalized spacial score (nSPS) is 17.9. The smallest absolute Gasteiger partial charge is 0.267 e. The Morgan fingerprint density at radius 3 is 2.58 bits per heavy atom. The zero-order chi connectivity index (χ0) is 17.3. The summed E-state index contributed by atoms with van der Waals surface area (Å²) in [6.07, 6.45) is 3.29. The van der Waals surface area contributed by atoms with E-state index in [1.165, 1.54) is 11.1 Å². The Balaban J connectivity index is 2.10. The Morgan fingerprint density at radius 1 is 1.17 bits per heavy atom. The average molecular weight is 343 g/mol. The molecule has 124 valence electrons. The van der Waals surface area contributed by atoms with Gasteiger partial charge in [0.2, 0.25) is 5.91 Å². The highest BCUT2D eigenvalue weighted by molar-refractivity contribution is 6.30. The van der Waals surface area contributed by atoms with Crippen LogP contribution in [-0.4, -0.2) is 16.9 Å². The maximum absolute atomic E-state index is 11.9. The lowest BCUT2D eigenvalue weighted by molar-refractivity contribution is -0.119. The number of pyridine rings is 1. The van der Waals surface area contributed by atoms with Gasteiger partial charge in [-0.1, -0.05) is 35.9 Å². The second kappa shape index (κ2) is 6.65. The van der Waals surface area contributed by atoms with Crippen LogP contribution < -0.4 is 10.9 Å². The minimum Gasteiger partial charge on any atom is -0.350 e. The highest BCUT2D eigenvalue weighted by Crippen LogP contribution is 2.26. The summed E-state index contributed by atoms with van der Waals surface area (Å²) in [6.45, 7) is 4.11. The van der Waals surface area contributed by atoms with Gasteiger partial charge in [0.1, 0.15) is 5.02 Å². The second-order valence-electron chi connectivity index (χ2n) is 6.14. The lowest BCUT2D eigenvalue weighted by Crippen LogP contribution is -2.23. The number of benzene rings is 1. The molecule has 1 atom stereocenters. The fraction of sp³-hybridized carbons (Fsp3) is 0.263. The summed E-state index contributed by atoms with van der Waals surface area (Å²) in [5, 5.41) is 3.10. The van der Waals surface area contributed by atoms with Crippen molar-refractivity contribution in [3.8, 4) is 0 Å². The number of hydrogen-bond acceptors (Lipinski definition) is 2. The van der Waals surface area contributed by atoms with Gasteiger partial charge in [-0.25, -0.2) is 0 Å². The second-order valence-corrected chi connectivity index (χ2v) is 6.55. The molecule has 1 fully saturated rings. The summed E-state index contributed by atoms with van der Waals surface area (Å²) >= 11 is 5.85. The van der Waals surface area contributed by atoms with Crippen LogP contribution in [0.25, 0.3) is 5.57 Å². The fourth-order valence-electron chi connectivity index (χ4n) is 2.83. The number of aryl methyl sites for hydroxylation is 2. The number of H-pyrrole nitrogens is 1. The summed E-state index contributed by atoms with van der Waals surface area (Å²) in [7, 11) is 0. The molecule has 0 saturated carbocycles. The molecular weight excluding hydrogens is 324 g/mol. The molecule has 1 saturated heterocycles. The largest absolute Gasteiger partial charge is 0.350 e. The van der Waals surface area contributed by atoms with Gasteiger partial charge in [-0.05, 0) is 49.1 Å². The third-order valence-electron chi connectivity index (χ3n) is 4.37. The molecule has 1 aromatic carbocycles. The van der Waals surface area contributed by atoms with Gasteiger partial charge < -0.3 is 10.3 Å². The molecule has 2 N–H and O–H groups in total. The van der Waals surface area contributed by atoms with Crippen LogP contribution >= 0.6 is 11.6 Å². The predicted octanol–water partition coefficient (Wildman–Crippen LogP) is 3.36. The van der Waals surface area contributed by atoms with E-state index in [9.17, 15) is 9.59 Å². The van der Waals surface area contributed by atoms with Crippen LogP contribution in [0.3, 0.4) is 0 Å². The van der Waals surface area contributed by atoms with Crippen molar-refractivity contribution in [1.29, 1.82) is 0 Å². The summed E-state index contributed by atoms with van der Waals surface area (Å²) < 4.78 is 0. The quantitative estimate of drug-likeness (QED) is 0.898. The Bertz CT molecular complexity index is 883. The number of carbonyl (C=O) groups is 1. The van der Waals surface area contributed by atoms with Crippen LogP contribution in [0, 0.1) is 13.8 Å². The van der Waals surface area contributed by atoms with Gasteiger partial charge in [0.25, 0.3) is 5.56 Å². The van der Waals surface area contributed by atoms with Gasteiger partial charge in [-0.15, -0.1) is 0 Å². The molecular formula is C19H19ClN2O2. The first-order valence-electron chi connectivity index (χ1n) is 7.92. The molecule has 1 aliphatic heterocycles. The number of rotatable bonds is 3. The van der Waals surface area contributed by atoms with Gasteiger partial charge in [0.15, 0.2) is 0 Å². The molecule has 24 heavy (non-hydrogen) atoms. The fourth-order valence-corrected chi connectivity index (χ4v) is 2.94. The van der Waals surface area contributed by atoms with E-state index in [0.29, 0.717) is 12.1 Å². The maximum Gasteiger partial charge on any atom is 0.267 e. The molecule has 0 aliphatic carbocycles. The third-order valence-corrected chi connectivity index (χ3v) is 4.66. The van der Waals surface area contributed by atoms with E-state index < -0.39 is 0 Å². The summed E-state index contributed by atoms with van der Waals surface area (Å²) in [6, 6.07) is 9.52. The van der Waals surface area contributed by atoms with Crippen LogP contribution in [0.1, 0.15) is 35.2 Å². The predicted molar refractivity (Wildman–Crippen MR) is 96.2 cm³/mol. The van der Waals surface area contributed by atoms with Crippen LogP contribution in [0.15, 0.2) is 41.2 Å². The van der Waals surface area contributed by atoms with Crippen molar-refractivity contribution < 1.29 is 4.79 Å². The molecule has 1 aromatic heterocycles. The number of hydrogen-bond donors (Lipinski definition) is 2. The Kier molecular flexibility index (Phi) is 4.58. The monoisotopic (exact) mass is 342 g/mol. The van der Waals surface area contributed by atoms with E-state index in [4.69, 9.17) is 11.6 Å². The molecule has 3 rings (SSSR count). The van der Waals surface area contributed by atoms with Crippen LogP contribution in [0.4, 0.5) is 0 Å². The lowest BCUT2D eigenvalue weighted by Gasteiger charge is -2.13. The zero-order valence-corrected chi connectivity index (χ0v) is 14.4. The average Bonchev–Trinajstić information content (AvgIpc) is 2.96. The SMILES string of the molecule is Cc1ccc(/C(=C/[C@H]2CCC(=O)N2)c2ccc(Cl)c(=O)[nH]2)cc1C. The molecule has 1 amide bonds. The van der Waals surface area contributed by atoms with Gasteiger partial charge in [-0.2, -0.15) is 0 Å². The van der Waals surface area contributed by atoms with Gasteiger partial charge >= 0.3 is 0 Å². The molecule has 2 aromatic rings. The minimum atomic E-state index is -0.320. The van der Waals surface area contributed by atoms with E-state index in [0.717, 1.165) is 17.6 Å². The molecule has 0 bridgehead atoms. The van der Waals surface area contributed by atoms with Crippen LogP contribution in [0.5, 0.6) is 0 Å². The topological polar surface area (TPSA) is 62.0 Å². The highest BCUT2D eigenvalue weighted by Gasteiger charge is 2.20. The van der Waals surface area contributed by atoms with Gasteiger partial charge in [0.05, 0.1) is 0 Å². The van der Waals surface area contributed by atoms with Gasteiger partial charge in [0, 0.05) is 23.7 Å². The summed E-state index contributed by atoms with van der Waals surface area (Å²) in [4.78, 5) is 26.2. The first-order chi connectivity index (χ1) is 11.4. The molecule has 0 radical (unpaired) electrons. The zero-order valence-electron chi connectivity index (χ0n) is 13.7. The number of aromatic amines is 1. The van der Waals surface area contributed by atoms with E-state index in [2.05, 4.69) is 36.3 Å². The number of nitrogens with one attached hydrogen (secondary N) is 2. The van der Waals surface area contributed by atoms with Gasteiger partial charge in [-0.3, -0.25) is 9.59 Å². The number of amides is 1. The Morgan fingerprint density at radius 2 is 1.96 bits per heavy atom. The molecule has 0 unspecified atom stereocenters. The van der Waals surface area contributed by atoms with E-state index >= 15 is 0 Å². The highest BCUT2D eigenvalue weighted by atomic mass is 35.5. The molecule has 2 heterocycles. The van der Waals surface area contributed by atoms with Crippen molar-refractivity contribution in [2.24, 2.45) is 0 Å². The third kappa shape index (κ3) is 3.44. The first-order valence-corrected chi connectivity index (χ1v) is 8.30. The Hall–Kier alpha value is -2.33. The van der Waals surface area contributed by atoms with Crippen LogP contribution in [-0.2, 0) is 4.79 Å². The van der Waals surface area contributed by atoms with Crippen molar-refractivity contribution in [2.45, 2.75) is 32.7 Å². The van der Waals surface area contributed by atoms with E-state index in [1.54, 1.807) is 12.1 Å². The summed E-state index contributed by atoms with van der Waals surface area (Å²) in [5.41, 5.74) is 4.63. The number of aromatic nitrogens is 1. The van der Waals surface area contributed by atoms with Crippen molar-refractivity contribution in [1.82, 2.24) is 10.3 Å². The van der Waals surface area contributed by atoms with E-state index in [1.807, 2.05) is 12.1 Å². The standard InChI is InChI=1S/C19H19ClN2O2/c1-11-3-4-13(9-12(11)2)15(10-14-5-8-18(23)21-14)17-7-6-16(20)19(24)22-17/h3-4,6-7,9-10,14H,5,8H2,1-2H3,(H,21,23)(H,22,24)/b15-10-/t14-/m1/s1. The summed E-state index contributed by atoms with van der Waals surface area (Å²) in [5.74, 6) is 0.0558. The minimum absolute atomic E-state index is 0.0340. The molecule has 5 heteroatoms. The van der Waals surface area contributed by atoms with Crippen LogP contribution in [0.2, 0.25) is 5.02 Å². The molecule has 4 nitrogen and oxygen atoms in total. The first kappa shape index (κ1) is 16.5. The maximum atomic E-state index is 11.9. The van der Waals surface area contributed by atoms with Crippen molar-refractivity contribution in [3.63, 3.8) is 0 Å². The van der Waals surface area contributed by atoms with Crippen molar-refractivity contribution in [3.05, 3.63) is 74.2 Å². The van der Waals surface area contributed by atoms with Crippen molar-refractivity contribution in [2.75, 3.05) is 0 Å². The molecule has 0 spiro atoms. The Labute approximate surface area is 145 Å². The van der Waals surface area contributed by atoms with E-state index in [-0.39, 0.29) is 22.5 Å². The number of halogens is 1. The van der Waals surface area contributed by atoms with Crippen molar-refractivity contribution >= 4 is 23.1 Å². The number of carbonyl (C=O) groups excluding carboxylic acids is 1. The lowest BCUT2D eigenvalue weighted by atomic mass is 9.96.